The van der Waals surface area contributed by atoms with Gasteiger partial charge in [-0.15, -0.1) is 6.58 Å². The van der Waals surface area contributed by atoms with E-state index in [-0.39, 0.29) is 23.6 Å². The topological polar surface area (TPSA) is 69.0 Å². The van der Waals surface area contributed by atoms with Gasteiger partial charge in [0, 0.05) is 6.54 Å². The largest absolute Gasteiger partial charge is 0.493 e. The molecule has 1 aliphatic rings. The monoisotopic (exact) mass is 467 g/mol. The van der Waals surface area contributed by atoms with Crippen LogP contribution in [0.1, 0.15) is 38.9 Å². The van der Waals surface area contributed by atoms with Crippen LogP contribution in [0.4, 0.5) is 0 Å². The summed E-state index contributed by atoms with van der Waals surface area (Å²) in [5.41, 5.74) is 3.21. The number of rotatable bonds is 7. The van der Waals surface area contributed by atoms with E-state index in [0.717, 1.165) is 16.7 Å². The van der Waals surface area contributed by atoms with Crippen molar-refractivity contribution in [3.63, 3.8) is 0 Å². The zero-order valence-corrected chi connectivity index (χ0v) is 19.6. The van der Waals surface area contributed by atoms with E-state index in [1.54, 1.807) is 36.3 Å². The Bertz CT molecular complexity index is 1490. The van der Waals surface area contributed by atoms with E-state index in [2.05, 4.69) is 6.58 Å². The average Bonchev–Trinajstić information content (AvgIpc) is 3.15. The summed E-state index contributed by atoms with van der Waals surface area (Å²) < 4.78 is 17.6. The SMILES string of the molecule is C=CCN1C(=O)c2oc3ccc(C)cc3c(=O)c2C1c1ccc(OCc2ccccc2)c(OC)c1. The summed E-state index contributed by atoms with van der Waals surface area (Å²) in [5, 5.41) is 0.455. The quantitative estimate of drug-likeness (QED) is 0.340. The molecule has 1 unspecified atom stereocenters. The van der Waals surface area contributed by atoms with Gasteiger partial charge in [-0.25, -0.2) is 0 Å². The van der Waals surface area contributed by atoms with E-state index in [0.29, 0.717) is 34.6 Å². The number of carbonyl (C=O) groups is 1. The van der Waals surface area contributed by atoms with Crippen molar-refractivity contribution in [3.8, 4) is 11.5 Å². The Morgan fingerprint density at radius 1 is 1.03 bits per heavy atom. The molecule has 0 radical (unpaired) electrons. The summed E-state index contributed by atoms with van der Waals surface area (Å²) in [5.74, 6) is 0.814. The van der Waals surface area contributed by atoms with Gasteiger partial charge in [0.2, 0.25) is 5.76 Å². The van der Waals surface area contributed by atoms with E-state index in [4.69, 9.17) is 13.9 Å². The van der Waals surface area contributed by atoms with Gasteiger partial charge in [0.05, 0.1) is 24.1 Å². The molecule has 0 bridgehead atoms. The molecule has 35 heavy (non-hydrogen) atoms. The molecule has 176 valence electrons. The van der Waals surface area contributed by atoms with Crippen LogP contribution in [0.3, 0.4) is 0 Å². The van der Waals surface area contributed by atoms with Crippen molar-refractivity contribution in [1.82, 2.24) is 4.90 Å². The molecule has 6 heteroatoms. The van der Waals surface area contributed by atoms with Crippen LogP contribution in [0.15, 0.2) is 88.6 Å². The second kappa shape index (κ2) is 9.14. The standard InChI is InChI=1S/C29H25NO5/c1-4-14-30-26(25-27(31)21-15-18(2)10-12-22(21)35-28(25)29(30)32)20-11-13-23(24(16-20)33-3)34-17-19-8-6-5-7-9-19/h4-13,15-16,26H,1,14,17H2,2-3H3. The molecule has 5 rings (SSSR count). The van der Waals surface area contributed by atoms with Crippen LogP contribution < -0.4 is 14.9 Å². The molecule has 4 aromatic rings. The predicted molar refractivity (Wildman–Crippen MR) is 134 cm³/mol. The summed E-state index contributed by atoms with van der Waals surface area (Å²) in [7, 11) is 1.56. The van der Waals surface area contributed by atoms with Crippen molar-refractivity contribution < 1.29 is 18.7 Å². The van der Waals surface area contributed by atoms with Gasteiger partial charge in [0.25, 0.3) is 5.91 Å². The molecule has 0 fully saturated rings. The molecular formula is C29H25NO5. The minimum Gasteiger partial charge on any atom is -0.493 e. The van der Waals surface area contributed by atoms with Crippen LogP contribution in [0.5, 0.6) is 11.5 Å². The maximum Gasteiger partial charge on any atom is 0.291 e. The second-order valence-electron chi connectivity index (χ2n) is 8.51. The smallest absolute Gasteiger partial charge is 0.291 e. The third kappa shape index (κ3) is 3.97. The molecule has 0 N–H and O–H groups in total. The molecular weight excluding hydrogens is 442 g/mol. The minimum absolute atomic E-state index is 0.0709. The first-order valence-corrected chi connectivity index (χ1v) is 11.4. The van der Waals surface area contributed by atoms with Crippen molar-refractivity contribution in [2.45, 2.75) is 19.6 Å². The lowest BCUT2D eigenvalue weighted by Gasteiger charge is -2.24. The number of benzene rings is 3. The minimum atomic E-state index is -0.631. The number of ether oxygens (including phenoxy) is 2. The Balaban J connectivity index is 1.59. The van der Waals surface area contributed by atoms with Gasteiger partial charge < -0.3 is 18.8 Å². The first-order valence-electron chi connectivity index (χ1n) is 11.4. The van der Waals surface area contributed by atoms with E-state index in [1.807, 2.05) is 55.5 Å². The molecule has 1 aromatic heterocycles. The first kappa shape index (κ1) is 22.5. The van der Waals surface area contributed by atoms with Crippen molar-refractivity contribution in [3.05, 3.63) is 118 Å². The molecule has 0 saturated carbocycles. The highest BCUT2D eigenvalue weighted by Gasteiger charge is 2.42. The molecule has 6 nitrogen and oxygen atoms in total. The van der Waals surface area contributed by atoms with Crippen molar-refractivity contribution in [2.24, 2.45) is 0 Å². The maximum absolute atomic E-state index is 13.6. The fraction of sp³-hybridized carbons (Fsp3) is 0.172. The molecule has 1 amide bonds. The van der Waals surface area contributed by atoms with Gasteiger partial charge in [-0.3, -0.25) is 9.59 Å². The number of hydrogen-bond donors (Lipinski definition) is 0. The summed E-state index contributed by atoms with van der Waals surface area (Å²) >= 11 is 0. The van der Waals surface area contributed by atoms with Crippen molar-refractivity contribution in [1.29, 1.82) is 0 Å². The molecule has 0 spiro atoms. The number of hydrogen-bond acceptors (Lipinski definition) is 5. The third-order valence-electron chi connectivity index (χ3n) is 6.19. The van der Waals surface area contributed by atoms with E-state index >= 15 is 0 Å². The average molecular weight is 468 g/mol. The molecule has 3 aromatic carbocycles. The molecule has 0 aliphatic carbocycles. The molecule has 0 saturated heterocycles. The highest BCUT2D eigenvalue weighted by atomic mass is 16.5. The van der Waals surface area contributed by atoms with E-state index < -0.39 is 6.04 Å². The lowest BCUT2D eigenvalue weighted by molar-refractivity contribution is 0.0748. The van der Waals surface area contributed by atoms with Crippen LogP contribution >= 0.6 is 0 Å². The summed E-state index contributed by atoms with van der Waals surface area (Å²) in [6.45, 7) is 6.36. The fourth-order valence-electron chi connectivity index (χ4n) is 4.52. The third-order valence-corrected chi connectivity index (χ3v) is 6.19. The highest BCUT2D eigenvalue weighted by molar-refractivity contribution is 5.99. The number of carbonyl (C=O) groups excluding carboxylic acids is 1. The normalized spacial score (nSPS) is 14.7. The lowest BCUT2D eigenvalue weighted by atomic mass is 9.97. The second-order valence-corrected chi connectivity index (χ2v) is 8.51. The van der Waals surface area contributed by atoms with Gasteiger partial charge >= 0.3 is 0 Å². The summed E-state index contributed by atoms with van der Waals surface area (Å²) in [4.78, 5) is 28.5. The zero-order valence-electron chi connectivity index (χ0n) is 19.6. The fourth-order valence-corrected chi connectivity index (χ4v) is 4.52. The van der Waals surface area contributed by atoms with Crippen LogP contribution in [-0.4, -0.2) is 24.5 Å². The zero-order chi connectivity index (χ0) is 24.5. The number of fused-ring (bicyclic) bond motifs is 2. The summed E-state index contributed by atoms with van der Waals surface area (Å²) in [6, 6.07) is 20.1. The Labute approximate surface area is 203 Å². The predicted octanol–water partition coefficient (Wildman–Crippen LogP) is 5.42. The van der Waals surface area contributed by atoms with Gasteiger partial charge in [0.1, 0.15) is 12.2 Å². The Morgan fingerprint density at radius 2 is 1.83 bits per heavy atom. The number of methoxy groups -OCH3 is 1. The Hall–Kier alpha value is -4.32. The lowest BCUT2D eigenvalue weighted by Crippen LogP contribution is -2.29. The van der Waals surface area contributed by atoms with E-state index in [1.165, 1.54) is 0 Å². The molecule has 1 atom stereocenters. The number of aryl methyl sites for hydroxylation is 1. The van der Waals surface area contributed by atoms with E-state index in [9.17, 15) is 9.59 Å². The van der Waals surface area contributed by atoms with Crippen LogP contribution in [0, 0.1) is 6.92 Å². The number of amides is 1. The Kier molecular flexibility index (Phi) is 5.87. The van der Waals surface area contributed by atoms with Crippen LogP contribution in [0.25, 0.3) is 11.0 Å². The molecule has 2 heterocycles. The van der Waals surface area contributed by atoms with Crippen molar-refractivity contribution >= 4 is 16.9 Å². The van der Waals surface area contributed by atoms with Gasteiger partial charge in [-0.1, -0.05) is 54.1 Å². The van der Waals surface area contributed by atoms with Crippen molar-refractivity contribution in [2.75, 3.05) is 13.7 Å². The molecule has 1 aliphatic heterocycles. The Morgan fingerprint density at radius 3 is 2.57 bits per heavy atom. The number of nitrogens with zero attached hydrogens (tertiary/aromatic N) is 1. The van der Waals surface area contributed by atoms with Crippen LogP contribution in [0.2, 0.25) is 0 Å². The highest BCUT2D eigenvalue weighted by Crippen LogP contribution is 2.41. The maximum atomic E-state index is 13.6. The van der Waals surface area contributed by atoms with Gasteiger partial charge in [-0.2, -0.15) is 0 Å². The first-order chi connectivity index (χ1) is 17.0. The summed E-state index contributed by atoms with van der Waals surface area (Å²) in [6.07, 6.45) is 1.64. The van der Waals surface area contributed by atoms with Gasteiger partial charge in [-0.05, 0) is 42.3 Å². The van der Waals surface area contributed by atoms with Crippen LogP contribution in [-0.2, 0) is 6.61 Å². The van der Waals surface area contributed by atoms with Gasteiger partial charge in [0.15, 0.2) is 16.9 Å².